The Hall–Kier alpha value is -8.61. The van der Waals surface area contributed by atoms with Gasteiger partial charge in [-0.15, -0.1) is 0 Å². The Bertz CT molecular complexity index is 3830. The number of hydrogen-bond acceptors (Lipinski definition) is 4. The Morgan fingerprint density at radius 1 is 0.333 bits per heavy atom. The predicted octanol–water partition coefficient (Wildman–Crippen LogP) is 14.6. The molecule has 0 radical (unpaired) electrons. The van der Waals surface area contributed by atoms with Crippen molar-refractivity contribution in [2.45, 2.75) is 0 Å². The Morgan fingerprint density at radius 2 is 0.937 bits per heavy atom. The smallest absolute Gasteiger partial charge is 0.164 e. The number of hydrogen-bond donors (Lipinski definition) is 0. The van der Waals surface area contributed by atoms with Gasteiger partial charge < -0.3 is 13.6 Å². The molecule has 6 nitrogen and oxygen atoms in total. The lowest BCUT2D eigenvalue weighted by Crippen LogP contribution is -2.00. The van der Waals surface area contributed by atoms with E-state index >= 15 is 0 Å². The molecule has 0 saturated carbocycles. The van der Waals surface area contributed by atoms with Crippen LogP contribution in [-0.2, 0) is 0 Å². The van der Waals surface area contributed by atoms with E-state index in [-0.39, 0.29) is 0 Å². The van der Waals surface area contributed by atoms with Crippen molar-refractivity contribution in [3.05, 3.63) is 212 Å². The molecule has 0 unspecified atom stereocenters. The van der Waals surface area contributed by atoms with Gasteiger partial charge in [-0.3, -0.25) is 0 Å². The van der Waals surface area contributed by atoms with Crippen LogP contribution < -0.4 is 0 Å². The zero-order valence-electron chi connectivity index (χ0n) is 33.9. The fourth-order valence-corrected chi connectivity index (χ4v) is 9.53. The summed E-state index contributed by atoms with van der Waals surface area (Å²) in [7, 11) is 0. The average molecular weight is 806 g/mol. The summed E-state index contributed by atoms with van der Waals surface area (Å²) in [6, 6.07) is 74.4. The van der Waals surface area contributed by atoms with Gasteiger partial charge in [-0.2, -0.15) is 0 Å². The van der Waals surface area contributed by atoms with Gasteiger partial charge >= 0.3 is 0 Å². The van der Waals surface area contributed by atoms with Crippen molar-refractivity contribution in [2.24, 2.45) is 0 Å². The number of fused-ring (bicyclic) bond motifs is 10. The van der Waals surface area contributed by atoms with Gasteiger partial charge in [-0.1, -0.05) is 158 Å². The van der Waals surface area contributed by atoms with Crippen molar-refractivity contribution in [1.82, 2.24) is 24.1 Å². The highest BCUT2D eigenvalue weighted by atomic mass is 16.3. The van der Waals surface area contributed by atoms with E-state index in [0.717, 1.165) is 77.3 Å². The first-order valence-corrected chi connectivity index (χ1v) is 21.2. The molecule has 0 aliphatic heterocycles. The highest BCUT2D eigenvalue weighted by Gasteiger charge is 2.22. The van der Waals surface area contributed by atoms with E-state index in [4.69, 9.17) is 19.4 Å². The van der Waals surface area contributed by atoms with E-state index < -0.39 is 0 Å². The molecule has 0 bridgehead atoms. The van der Waals surface area contributed by atoms with E-state index in [9.17, 15) is 0 Å². The molecule has 0 fully saturated rings. The molecule has 63 heavy (non-hydrogen) atoms. The SMILES string of the molecule is c1ccc(-c2nc(-c3ccccc3)nc(-c3ccc4c5c6oc7ccc(-n8c9ccccc9c9cccc(-c%10ccccc%10)c98)cc7c6ccc5n(-c5ccccc5)c4c3)n2)cc1. The van der Waals surface area contributed by atoms with Crippen LogP contribution in [0.2, 0.25) is 0 Å². The Kier molecular flexibility index (Phi) is 7.80. The van der Waals surface area contributed by atoms with E-state index in [1.807, 2.05) is 60.7 Å². The molecule has 294 valence electrons. The molecule has 0 amide bonds. The van der Waals surface area contributed by atoms with Crippen molar-refractivity contribution in [3.8, 4) is 56.7 Å². The summed E-state index contributed by atoms with van der Waals surface area (Å²) in [4.78, 5) is 15.1. The second-order valence-electron chi connectivity index (χ2n) is 16.0. The van der Waals surface area contributed by atoms with Crippen LogP contribution in [0.1, 0.15) is 0 Å². The van der Waals surface area contributed by atoms with Crippen LogP contribution in [0.4, 0.5) is 0 Å². The van der Waals surface area contributed by atoms with Crippen molar-refractivity contribution >= 4 is 65.6 Å². The first kappa shape index (κ1) is 35.2. The fourth-order valence-electron chi connectivity index (χ4n) is 9.53. The molecule has 0 atom stereocenters. The van der Waals surface area contributed by atoms with Gasteiger partial charge in [0.1, 0.15) is 11.2 Å². The number of furan rings is 1. The lowest BCUT2D eigenvalue weighted by Gasteiger charge is -2.12. The zero-order chi connectivity index (χ0) is 41.4. The molecule has 0 spiro atoms. The van der Waals surface area contributed by atoms with Crippen LogP contribution in [0.25, 0.3) is 122 Å². The number of rotatable bonds is 6. The number of para-hydroxylation sites is 3. The maximum Gasteiger partial charge on any atom is 0.164 e. The summed E-state index contributed by atoms with van der Waals surface area (Å²) in [5, 5.41) is 6.72. The molecule has 0 N–H and O–H groups in total. The number of nitrogens with zero attached hydrogens (tertiary/aromatic N) is 5. The molecule has 0 saturated heterocycles. The van der Waals surface area contributed by atoms with Crippen LogP contribution in [0, 0.1) is 0 Å². The highest BCUT2D eigenvalue weighted by molar-refractivity contribution is 6.24. The minimum absolute atomic E-state index is 0.608. The third-order valence-corrected chi connectivity index (χ3v) is 12.4. The molecule has 13 aromatic rings. The van der Waals surface area contributed by atoms with Crippen LogP contribution >= 0.6 is 0 Å². The van der Waals surface area contributed by atoms with E-state index in [2.05, 4.69) is 161 Å². The number of aromatic nitrogens is 5. The fraction of sp³-hybridized carbons (Fsp3) is 0. The first-order chi connectivity index (χ1) is 31.2. The Balaban J connectivity index is 1.04. The largest absolute Gasteiger partial charge is 0.455 e. The normalized spacial score (nSPS) is 11.8. The van der Waals surface area contributed by atoms with Crippen LogP contribution in [0.15, 0.2) is 217 Å². The third kappa shape index (κ3) is 5.55. The van der Waals surface area contributed by atoms with Gasteiger partial charge in [-0.05, 0) is 60.2 Å². The van der Waals surface area contributed by atoms with E-state index in [1.165, 1.54) is 27.4 Å². The van der Waals surface area contributed by atoms with Gasteiger partial charge in [0.2, 0.25) is 0 Å². The molecule has 13 rings (SSSR count). The summed E-state index contributed by atoms with van der Waals surface area (Å²) in [6.45, 7) is 0. The van der Waals surface area contributed by atoms with Crippen LogP contribution in [0.5, 0.6) is 0 Å². The summed E-state index contributed by atoms with van der Waals surface area (Å²) in [6.07, 6.45) is 0. The van der Waals surface area contributed by atoms with Gasteiger partial charge in [0, 0.05) is 60.6 Å². The molecular formula is C57H35N5O. The second kappa shape index (κ2) is 14.0. The van der Waals surface area contributed by atoms with Crippen LogP contribution in [0.3, 0.4) is 0 Å². The second-order valence-corrected chi connectivity index (χ2v) is 16.0. The van der Waals surface area contributed by atoms with Crippen molar-refractivity contribution in [1.29, 1.82) is 0 Å². The average Bonchev–Trinajstić information content (AvgIpc) is 4.02. The highest BCUT2D eigenvalue weighted by Crippen LogP contribution is 2.44. The summed E-state index contributed by atoms with van der Waals surface area (Å²) >= 11 is 0. The third-order valence-electron chi connectivity index (χ3n) is 12.4. The van der Waals surface area contributed by atoms with E-state index in [0.29, 0.717) is 17.5 Å². The lowest BCUT2D eigenvalue weighted by molar-refractivity contribution is 0.673. The van der Waals surface area contributed by atoms with Gasteiger partial charge in [0.05, 0.1) is 27.5 Å². The standard InChI is InChI=1S/C57H35N5O/c1-5-16-36(17-6-1)42-25-15-26-44-43-24-13-14-27-48(43)62(53(42)44)41-29-33-51-47(35-41)45-31-32-49-52(54(45)63-51)46-30-28-39(34-50(46)61(49)40-22-11-4-12-23-40)57-59-55(37-18-7-2-8-19-37)58-56(60-57)38-20-9-3-10-21-38/h1-35H. The molecule has 0 aliphatic carbocycles. The van der Waals surface area contributed by atoms with E-state index in [1.54, 1.807) is 0 Å². The summed E-state index contributed by atoms with van der Waals surface area (Å²) in [5.41, 5.74) is 13.4. The molecule has 6 heteroatoms. The molecule has 4 heterocycles. The zero-order valence-corrected chi connectivity index (χ0v) is 33.9. The number of benzene rings is 9. The minimum Gasteiger partial charge on any atom is -0.455 e. The topological polar surface area (TPSA) is 61.7 Å². The molecule has 9 aromatic carbocycles. The lowest BCUT2D eigenvalue weighted by atomic mass is 10.0. The van der Waals surface area contributed by atoms with Crippen molar-refractivity contribution < 1.29 is 4.42 Å². The maximum atomic E-state index is 6.95. The Morgan fingerprint density at radius 3 is 1.65 bits per heavy atom. The molecule has 4 aromatic heterocycles. The molecular weight excluding hydrogens is 771 g/mol. The maximum absolute atomic E-state index is 6.95. The minimum atomic E-state index is 0.608. The quantitative estimate of drug-likeness (QED) is 0.168. The summed E-state index contributed by atoms with van der Waals surface area (Å²) < 4.78 is 11.7. The van der Waals surface area contributed by atoms with Crippen molar-refractivity contribution in [2.75, 3.05) is 0 Å². The predicted molar refractivity (Wildman–Crippen MR) is 258 cm³/mol. The monoisotopic (exact) mass is 805 g/mol. The van der Waals surface area contributed by atoms with Crippen LogP contribution in [-0.4, -0.2) is 24.1 Å². The van der Waals surface area contributed by atoms with Gasteiger partial charge in [0.25, 0.3) is 0 Å². The van der Waals surface area contributed by atoms with Gasteiger partial charge in [0.15, 0.2) is 17.5 Å². The van der Waals surface area contributed by atoms with Crippen molar-refractivity contribution in [3.63, 3.8) is 0 Å². The van der Waals surface area contributed by atoms with Gasteiger partial charge in [-0.25, -0.2) is 15.0 Å². The summed E-state index contributed by atoms with van der Waals surface area (Å²) in [5.74, 6) is 1.86. The Labute approximate surface area is 361 Å². The first-order valence-electron chi connectivity index (χ1n) is 21.2. The molecule has 0 aliphatic rings.